The molecule has 0 radical (unpaired) electrons. The van der Waals surface area contributed by atoms with Gasteiger partial charge in [-0.15, -0.1) is 0 Å². The highest BCUT2D eigenvalue weighted by atomic mass is 79.9. The van der Waals surface area contributed by atoms with Gasteiger partial charge in [0.2, 0.25) is 5.91 Å². The first-order valence-corrected chi connectivity index (χ1v) is 8.96. The minimum absolute atomic E-state index is 0.0112. The zero-order chi connectivity index (χ0) is 18.8. The van der Waals surface area contributed by atoms with Gasteiger partial charge in [0.25, 0.3) is 0 Å². The number of rotatable bonds is 2. The van der Waals surface area contributed by atoms with Gasteiger partial charge in [-0.1, -0.05) is 42.8 Å². The van der Waals surface area contributed by atoms with E-state index in [1.165, 1.54) is 12.1 Å². The summed E-state index contributed by atoms with van der Waals surface area (Å²) in [7, 11) is 0. The summed E-state index contributed by atoms with van der Waals surface area (Å²) < 4.78 is 38.6. The van der Waals surface area contributed by atoms with E-state index in [2.05, 4.69) is 21.2 Å². The summed E-state index contributed by atoms with van der Waals surface area (Å²) in [5.74, 6) is -0.420. The number of amides is 1. The van der Waals surface area contributed by atoms with Crippen LogP contribution in [-0.4, -0.2) is 16.5 Å². The first-order valence-electron chi connectivity index (χ1n) is 8.05. The Morgan fingerprint density at radius 3 is 2.40 bits per heavy atom. The van der Waals surface area contributed by atoms with Crippen LogP contribution >= 0.6 is 15.9 Å². The number of hydrogen-bond acceptors (Lipinski definition) is 2. The number of anilines is 1. The molecule has 25 heavy (non-hydrogen) atoms. The molecule has 2 saturated carbocycles. The standard InChI is InChI=1S/C18H19BrF3NO2/c1-15(2)16(3)7-8-17(15,12(19)13(16)24)14(25)23-11-6-4-5-10(9-11)18(20,21)22/h4-6,9,12H,7-8H2,1-3H3,(H,23,25)/t12-,16-,17+/m1/s1. The second-order valence-electron chi connectivity index (χ2n) is 7.69. The summed E-state index contributed by atoms with van der Waals surface area (Å²) in [6, 6.07) is 4.54. The van der Waals surface area contributed by atoms with Gasteiger partial charge in [-0.2, -0.15) is 13.2 Å². The third kappa shape index (κ3) is 2.24. The second-order valence-corrected chi connectivity index (χ2v) is 8.60. The SMILES string of the molecule is CC1(C)[C@]2(C)CC[C@@]1(C(=O)Nc1cccc(C(F)(F)F)c1)[C@H](Br)C2=O. The summed E-state index contributed by atoms with van der Waals surface area (Å²) in [6.07, 6.45) is -3.37. The Bertz CT molecular complexity index is 761. The summed E-state index contributed by atoms with van der Waals surface area (Å²) in [5, 5.41) is 2.62. The molecule has 2 fully saturated rings. The van der Waals surface area contributed by atoms with E-state index in [0.29, 0.717) is 12.8 Å². The molecule has 136 valence electrons. The molecule has 1 aromatic rings. The van der Waals surface area contributed by atoms with Gasteiger partial charge in [-0.25, -0.2) is 0 Å². The average molecular weight is 418 g/mol. The molecule has 2 bridgehead atoms. The summed E-state index contributed by atoms with van der Waals surface area (Å²) >= 11 is 3.40. The second kappa shape index (κ2) is 5.32. The molecule has 3 rings (SSSR count). The van der Waals surface area contributed by atoms with Gasteiger partial charge < -0.3 is 5.32 Å². The van der Waals surface area contributed by atoms with Crippen molar-refractivity contribution in [2.45, 2.75) is 44.6 Å². The molecule has 1 N–H and O–H groups in total. The zero-order valence-electron chi connectivity index (χ0n) is 14.1. The number of benzene rings is 1. The number of nitrogens with one attached hydrogen (secondary N) is 1. The van der Waals surface area contributed by atoms with Crippen LogP contribution in [0.5, 0.6) is 0 Å². The Labute approximate surface area is 152 Å². The van der Waals surface area contributed by atoms with Gasteiger partial charge in [0.15, 0.2) is 5.78 Å². The molecular formula is C18H19BrF3NO2. The van der Waals surface area contributed by atoms with Crippen molar-refractivity contribution in [1.82, 2.24) is 0 Å². The van der Waals surface area contributed by atoms with E-state index >= 15 is 0 Å². The summed E-state index contributed by atoms with van der Waals surface area (Å²) in [5.41, 5.74) is -2.94. The zero-order valence-corrected chi connectivity index (χ0v) is 15.7. The highest BCUT2D eigenvalue weighted by Gasteiger charge is 2.76. The molecule has 3 atom stereocenters. The molecule has 3 nitrogen and oxygen atoms in total. The van der Waals surface area contributed by atoms with Crippen molar-refractivity contribution in [2.75, 3.05) is 5.32 Å². The maximum absolute atomic E-state index is 13.1. The third-order valence-corrected chi connectivity index (χ3v) is 7.77. The van der Waals surface area contributed by atoms with E-state index in [1.807, 2.05) is 20.8 Å². The quantitative estimate of drug-likeness (QED) is 0.702. The number of carbonyl (C=O) groups excluding carboxylic acids is 2. The molecule has 0 aliphatic heterocycles. The number of carbonyl (C=O) groups is 2. The molecule has 0 heterocycles. The normalized spacial score (nSPS) is 33.6. The molecule has 0 spiro atoms. The van der Waals surface area contributed by atoms with Crippen molar-refractivity contribution >= 4 is 33.3 Å². The highest BCUT2D eigenvalue weighted by Crippen LogP contribution is 2.72. The molecular weight excluding hydrogens is 399 g/mol. The molecule has 0 saturated heterocycles. The fourth-order valence-electron chi connectivity index (χ4n) is 4.47. The monoisotopic (exact) mass is 417 g/mol. The largest absolute Gasteiger partial charge is 0.416 e. The van der Waals surface area contributed by atoms with Crippen molar-refractivity contribution in [3.05, 3.63) is 29.8 Å². The van der Waals surface area contributed by atoms with E-state index in [-0.39, 0.29) is 11.5 Å². The van der Waals surface area contributed by atoms with Crippen molar-refractivity contribution in [1.29, 1.82) is 0 Å². The van der Waals surface area contributed by atoms with E-state index in [4.69, 9.17) is 0 Å². The topological polar surface area (TPSA) is 46.2 Å². The highest BCUT2D eigenvalue weighted by molar-refractivity contribution is 9.10. The molecule has 7 heteroatoms. The number of Topliss-reactive ketones (excluding diaryl/α,β-unsaturated/α-hetero) is 1. The molecule has 2 aliphatic rings. The number of fused-ring (bicyclic) bond motifs is 2. The lowest BCUT2D eigenvalue weighted by Gasteiger charge is -2.39. The van der Waals surface area contributed by atoms with Gasteiger partial charge in [0, 0.05) is 11.1 Å². The minimum atomic E-state index is -4.48. The lowest BCUT2D eigenvalue weighted by atomic mass is 9.64. The van der Waals surface area contributed by atoms with Crippen molar-refractivity contribution < 1.29 is 22.8 Å². The lowest BCUT2D eigenvalue weighted by molar-refractivity contribution is -0.137. The van der Waals surface area contributed by atoms with Gasteiger partial charge in [0.05, 0.1) is 15.8 Å². The van der Waals surface area contributed by atoms with Crippen LogP contribution in [0.4, 0.5) is 18.9 Å². The van der Waals surface area contributed by atoms with Crippen LogP contribution in [0, 0.1) is 16.2 Å². The number of halogens is 4. The first kappa shape index (κ1) is 18.4. The Balaban J connectivity index is 1.96. The average Bonchev–Trinajstić information content (AvgIpc) is 2.79. The number of ketones is 1. The maximum Gasteiger partial charge on any atom is 0.416 e. The number of alkyl halides is 4. The fourth-order valence-corrected chi connectivity index (χ4v) is 5.99. The fraction of sp³-hybridized carbons (Fsp3) is 0.556. The van der Waals surface area contributed by atoms with Crippen molar-refractivity contribution in [3.63, 3.8) is 0 Å². The van der Waals surface area contributed by atoms with Gasteiger partial charge in [-0.05, 0) is 36.5 Å². The number of hydrogen-bond donors (Lipinski definition) is 1. The predicted molar refractivity (Wildman–Crippen MR) is 91.4 cm³/mol. The van der Waals surface area contributed by atoms with Crippen LogP contribution in [0.15, 0.2) is 24.3 Å². The Morgan fingerprint density at radius 2 is 1.88 bits per heavy atom. The van der Waals surface area contributed by atoms with Crippen LogP contribution in [0.2, 0.25) is 0 Å². The Morgan fingerprint density at radius 1 is 1.24 bits per heavy atom. The molecule has 0 aromatic heterocycles. The van der Waals surface area contributed by atoms with Crippen LogP contribution < -0.4 is 5.32 Å². The summed E-state index contributed by atoms with van der Waals surface area (Å²) in [4.78, 5) is 25.1. The van der Waals surface area contributed by atoms with Gasteiger partial charge in [0.1, 0.15) is 0 Å². The minimum Gasteiger partial charge on any atom is -0.326 e. The molecule has 2 aliphatic carbocycles. The van der Waals surface area contributed by atoms with Gasteiger partial charge in [-0.3, -0.25) is 9.59 Å². The maximum atomic E-state index is 13.1. The molecule has 0 unspecified atom stereocenters. The van der Waals surface area contributed by atoms with E-state index in [9.17, 15) is 22.8 Å². The van der Waals surface area contributed by atoms with E-state index in [1.54, 1.807) is 0 Å². The first-order chi connectivity index (χ1) is 11.4. The van der Waals surface area contributed by atoms with E-state index in [0.717, 1.165) is 12.1 Å². The lowest BCUT2D eigenvalue weighted by Crippen LogP contribution is -2.48. The smallest absolute Gasteiger partial charge is 0.326 e. The predicted octanol–water partition coefficient (Wildman–Crippen LogP) is 4.80. The third-order valence-electron chi connectivity index (χ3n) is 6.57. The van der Waals surface area contributed by atoms with Crippen molar-refractivity contribution in [2.24, 2.45) is 16.2 Å². The Kier molecular flexibility index (Phi) is 3.92. The van der Waals surface area contributed by atoms with E-state index < -0.39 is 38.7 Å². The van der Waals surface area contributed by atoms with Gasteiger partial charge >= 0.3 is 6.18 Å². The van der Waals surface area contributed by atoms with Crippen LogP contribution in [0.3, 0.4) is 0 Å². The van der Waals surface area contributed by atoms with Crippen LogP contribution in [0.25, 0.3) is 0 Å². The van der Waals surface area contributed by atoms with Crippen molar-refractivity contribution in [3.8, 4) is 0 Å². The molecule has 1 aromatic carbocycles. The summed E-state index contributed by atoms with van der Waals surface area (Å²) in [6.45, 7) is 5.66. The van der Waals surface area contributed by atoms with Crippen LogP contribution in [-0.2, 0) is 15.8 Å². The Hall–Kier alpha value is -1.37. The van der Waals surface area contributed by atoms with Crippen LogP contribution in [0.1, 0.15) is 39.2 Å². The molecule has 1 amide bonds.